The molecular formula is C16H30INS. The van der Waals surface area contributed by atoms with Gasteiger partial charge in [0, 0.05) is 0 Å². The van der Waals surface area contributed by atoms with Crippen LogP contribution in [-0.2, 0) is 0 Å². The van der Waals surface area contributed by atoms with Gasteiger partial charge >= 0.3 is 133 Å². The van der Waals surface area contributed by atoms with Crippen LogP contribution in [0.25, 0.3) is 0 Å². The first-order valence-corrected chi connectivity index (χ1v) is 12.7. The molecule has 0 aliphatic carbocycles. The Kier molecular flexibility index (Phi) is 11.3. The molecule has 0 aromatic heterocycles. The van der Waals surface area contributed by atoms with E-state index in [1.165, 1.54) is 72.3 Å². The molecule has 0 atom stereocenters. The van der Waals surface area contributed by atoms with Gasteiger partial charge in [0.1, 0.15) is 0 Å². The second-order valence-electron chi connectivity index (χ2n) is 5.17. The Morgan fingerprint density at radius 3 is 2.63 bits per heavy atom. The maximum absolute atomic E-state index is 4.65. The number of nitrogens with zero attached hydrogens (tertiary/aromatic N) is 1. The molecule has 19 heavy (non-hydrogen) atoms. The van der Waals surface area contributed by atoms with Crippen molar-refractivity contribution < 1.29 is 0 Å². The molecule has 0 N–H and O–H groups in total. The topological polar surface area (TPSA) is 12.4 Å². The van der Waals surface area contributed by atoms with E-state index in [2.05, 4.69) is 34.8 Å². The van der Waals surface area contributed by atoms with Crippen LogP contribution in [0.3, 0.4) is 0 Å². The van der Waals surface area contributed by atoms with Crippen molar-refractivity contribution in [2.75, 3.05) is 14.6 Å². The van der Waals surface area contributed by atoms with Crippen molar-refractivity contribution in [3.63, 3.8) is 0 Å². The molecule has 0 spiro atoms. The standard InChI is InChI=1S/C16H30INS/c1-2-3-4-5-6-7-8-10-16-15-17(12-14-19)11-9-13-18-16/h13,15,19H,2-12,14H2,1H3. The number of hydrogen-bond donors (Lipinski definition) is 1. The van der Waals surface area contributed by atoms with E-state index in [4.69, 9.17) is 0 Å². The number of unbranched alkanes of at least 4 members (excludes halogenated alkanes) is 6. The van der Waals surface area contributed by atoms with Crippen LogP contribution in [0.15, 0.2) is 14.8 Å². The molecule has 0 fully saturated rings. The van der Waals surface area contributed by atoms with Crippen molar-refractivity contribution in [2.24, 2.45) is 4.99 Å². The molecule has 1 nitrogen and oxygen atoms in total. The number of allylic oxidation sites excluding steroid dienone is 1. The third kappa shape index (κ3) is 9.11. The predicted molar refractivity (Wildman–Crippen MR) is 101 cm³/mol. The van der Waals surface area contributed by atoms with E-state index in [0.717, 1.165) is 5.75 Å². The van der Waals surface area contributed by atoms with Gasteiger partial charge in [0.05, 0.1) is 0 Å². The fourth-order valence-electron chi connectivity index (χ4n) is 2.27. The second-order valence-corrected chi connectivity index (χ2v) is 11.2. The molecule has 1 aliphatic rings. The van der Waals surface area contributed by atoms with Crippen molar-refractivity contribution >= 4 is 38.7 Å². The maximum atomic E-state index is 4.65. The van der Waals surface area contributed by atoms with Crippen molar-refractivity contribution in [2.45, 2.75) is 64.7 Å². The Morgan fingerprint density at radius 1 is 1.16 bits per heavy atom. The molecule has 0 saturated carbocycles. The van der Waals surface area contributed by atoms with Crippen molar-refractivity contribution in [3.8, 4) is 0 Å². The van der Waals surface area contributed by atoms with Gasteiger partial charge in [-0.3, -0.25) is 0 Å². The summed E-state index contributed by atoms with van der Waals surface area (Å²) in [7, 11) is 0. The van der Waals surface area contributed by atoms with Crippen LogP contribution in [-0.4, -0.2) is 20.8 Å². The summed E-state index contributed by atoms with van der Waals surface area (Å²) in [6, 6.07) is 0. The van der Waals surface area contributed by atoms with Gasteiger partial charge in [-0.15, -0.1) is 0 Å². The van der Waals surface area contributed by atoms with E-state index in [1.54, 1.807) is 0 Å². The Morgan fingerprint density at radius 2 is 1.89 bits per heavy atom. The third-order valence-corrected chi connectivity index (χ3v) is 9.99. The van der Waals surface area contributed by atoms with Crippen LogP contribution in [0, 0.1) is 0 Å². The molecule has 3 heteroatoms. The van der Waals surface area contributed by atoms with Gasteiger partial charge in [-0.05, 0) is 0 Å². The van der Waals surface area contributed by atoms with Gasteiger partial charge in [-0.1, -0.05) is 0 Å². The van der Waals surface area contributed by atoms with Gasteiger partial charge in [0.25, 0.3) is 0 Å². The van der Waals surface area contributed by atoms with Crippen molar-refractivity contribution in [1.82, 2.24) is 0 Å². The number of thiol groups is 1. The van der Waals surface area contributed by atoms with Crippen LogP contribution in [0.2, 0.25) is 0 Å². The molecule has 0 bridgehead atoms. The van der Waals surface area contributed by atoms with Gasteiger partial charge in [0.2, 0.25) is 0 Å². The van der Waals surface area contributed by atoms with E-state index >= 15 is 0 Å². The summed E-state index contributed by atoms with van der Waals surface area (Å²) in [5, 5.41) is 0. The Bertz CT molecular complexity index is 276. The van der Waals surface area contributed by atoms with Crippen molar-refractivity contribution in [3.05, 3.63) is 9.78 Å². The van der Waals surface area contributed by atoms with E-state index in [1.807, 2.05) is 0 Å². The van der Waals surface area contributed by atoms with Gasteiger partial charge in [-0.25, -0.2) is 0 Å². The molecule has 1 rings (SSSR count). The van der Waals surface area contributed by atoms with Gasteiger partial charge in [0.15, 0.2) is 0 Å². The molecule has 112 valence electrons. The zero-order valence-electron chi connectivity index (χ0n) is 12.4. The SMILES string of the molecule is CCCCCCCCCC1=CI(CCS)CCC=N1. The van der Waals surface area contributed by atoms with Crippen LogP contribution in [0.4, 0.5) is 0 Å². The molecule has 0 saturated heterocycles. The minimum absolute atomic E-state index is 0.843. The summed E-state index contributed by atoms with van der Waals surface area (Å²) in [4.78, 5) is 4.65. The average Bonchev–Trinajstić information content (AvgIpc) is 2.64. The zero-order chi connectivity index (χ0) is 13.8. The van der Waals surface area contributed by atoms with Gasteiger partial charge in [-0.2, -0.15) is 0 Å². The van der Waals surface area contributed by atoms with E-state index < -0.39 is 19.8 Å². The molecule has 0 unspecified atom stereocenters. The minimum atomic E-state index is -0.843. The van der Waals surface area contributed by atoms with Crippen LogP contribution >= 0.6 is 32.4 Å². The van der Waals surface area contributed by atoms with Crippen LogP contribution in [0.1, 0.15) is 64.7 Å². The Hall–Kier alpha value is 0.490. The fraction of sp³-hybridized carbons (Fsp3) is 0.812. The average molecular weight is 395 g/mol. The monoisotopic (exact) mass is 395 g/mol. The molecule has 1 aliphatic heterocycles. The summed E-state index contributed by atoms with van der Waals surface area (Å²) in [6.07, 6.45) is 14.3. The number of halogens is 1. The first-order chi connectivity index (χ1) is 9.36. The second kappa shape index (κ2) is 12.2. The Labute approximate surface area is 132 Å². The third-order valence-electron chi connectivity index (χ3n) is 3.38. The van der Waals surface area contributed by atoms with Crippen LogP contribution in [0.5, 0.6) is 0 Å². The number of alkyl halides is 2. The van der Waals surface area contributed by atoms with E-state index in [-0.39, 0.29) is 0 Å². The summed E-state index contributed by atoms with van der Waals surface area (Å²) in [5.74, 6) is 1.06. The van der Waals surface area contributed by atoms with Crippen LogP contribution < -0.4 is 0 Å². The molecular weight excluding hydrogens is 365 g/mol. The molecule has 0 radical (unpaired) electrons. The molecule has 0 aromatic carbocycles. The quantitative estimate of drug-likeness (QED) is 0.205. The summed E-state index contributed by atoms with van der Waals surface area (Å²) in [5.41, 5.74) is 1.40. The predicted octanol–water partition coefficient (Wildman–Crippen LogP) is 5.88. The summed E-state index contributed by atoms with van der Waals surface area (Å²) < 4.78 is 5.34. The first-order valence-electron chi connectivity index (χ1n) is 7.81. The number of hydrogen-bond acceptors (Lipinski definition) is 2. The van der Waals surface area contributed by atoms with Crippen molar-refractivity contribution in [1.29, 1.82) is 0 Å². The summed E-state index contributed by atoms with van der Waals surface area (Å²) >= 11 is 3.55. The Balaban J connectivity index is 2.15. The van der Waals surface area contributed by atoms with E-state index in [0.29, 0.717) is 0 Å². The molecule has 1 heterocycles. The number of rotatable bonds is 10. The van der Waals surface area contributed by atoms with Gasteiger partial charge < -0.3 is 0 Å². The molecule has 0 amide bonds. The summed E-state index contributed by atoms with van der Waals surface area (Å²) in [6.45, 7) is 2.28. The van der Waals surface area contributed by atoms with E-state index in [9.17, 15) is 0 Å². The normalized spacial score (nSPS) is 17.4. The zero-order valence-corrected chi connectivity index (χ0v) is 15.5. The fourth-order valence-corrected chi connectivity index (χ4v) is 8.08. The first kappa shape index (κ1) is 17.5. The molecule has 0 aromatic rings. The number of aliphatic imine (C=N–C) groups is 1.